The van der Waals surface area contributed by atoms with E-state index in [1.807, 2.05) is 0 Å². The summed E-state index contributed by atoms with van der Waals surface area (Å²) in [6, 6.07) is 4.49. The molecule has 2 nitrogen and oxygen atoms in total. The third-order valence-electron chi connectivity index (χ3n) is 2.49. The maximum Gasteiger partial charge on any atom is 0.125 e. The maximum atomic E-state index is 13.1. The fourth-order valence-electron chi connectivity index (χ4n) is 1.77. The van der Waals surface area contributed by atoms with Crippen molar-refractivity contribution in [3.63, 3.8) is 0 Å². The second kappa shape index (κ2) is 6.94. The lowest BCUT2D eigenvalue weighted by Gasteiger charge is -2.18. The van der Waals surface area contributed by atoms with Crippen molar-refractivity contribution in [2.45, 2.75) is 32.9 Å². The van der Waals surface area contributed by atoms with E-state index in [0.29, 0.717) is 17.5 Å². The minimum Gasteiger partial charge on any atom is -0.395 e. The lowest BCUT2D eigenvalue weighted by Crippen LogP contribution is -2.33. The van der Waals surface area contributed by atoms with E-state index in [1.54, 1.807) is 6.07 Å². The van der Waals surface area contributed by atoms with Crippen molar-refractivity contribution < 1.29 is 9.50 Å². The molecule has 0 fully saturated rings. The molecule has 0 amide bonds. The first-order valence-corrected chi connectivity index (χ1v) is 6.18. The molecule has 0 spiro atoms. The predicted octanol–water partition coefficient (Wildman–Crippen LogP) is 2.98. The Labute approximate surface area is 107 Å². The summed E-state index contributed by atoms with van der Waals surface area (Å²) in [4.78, 5) is 0. The molecule has 1 unspecified atom stereocenters. The number of aliphatic hydroxyl groups is 1. The standard InChI is InChI=1S/C13H19ClFNO/c1-9(2)3-13(8-17)16-7-10-4-11(14)6-12(15)5-10/h4-6,9,13,16-17H,3,7-8H2,1-2H3. The predicted molar refractivity (Wildman–Crippen MR) is 68.6 cm³/mol. The zero-order chi connectivity index (χ0) is 12.8. The van der Waals surface area contributed by atoms with Crippen LogP contribution in [0, 0.1) is 11.7 Å². The molecule has 2 N–H and O–H groups in total. The van der Waals surface area contributed by atoms with Crippen LogP contribution in [-0.4, -0.2) is 17.8 Å². The first-order chi connectivity index (χ1) is 8.01. The van der Waals surface area contributed by atoms with Gasteiger partial charge in [-0.3, -0.25) is 0 Å². The highest BCUT2D eigenvalue weighted by Gasteiger charge is 2.09. The molecule has 1 atom stereocenters. The summed E-state index contributed by atoms with van der Waals surface area (Å²) in [5.74, 6) is 0.175. The fourth-order valence-corrected chi connectivity index (χ4v) is 2.01. The molecule has 0 radical (unpaired) electrons. The summed E-state index contributed by atoms with van der Waals surface area (Å²) in [6.07, 6.45) is 0.888. The second-order valence-corrected chi connectivity index (χ2v) is 5.10. The molecule has 17 heavy (non-hydrogen) atoms. The molecule has 1 rings (SSSR count). The van der Waals surface area contributed by atoms with E-state index in [1.165, 1.54) is 12.1 Å². The quantitative estimate of drug-likeness (QED) is 0.823. The molecular formula is C13H19ClFNO. The van der Waals surface area contributed by atoms with E-state index < -0.39 is 0 Å². The maximum absolute atomic E-state index is 13.1. The summed E-state index contributed by atoms with van der Waals surface area (Å²) in [7, 11) is 0. The topological polar surface area (TPSA) is 32.3 Å². The largest absolute Gasteiger partial charge is 0.395 e. The zero-order valence-electron chi connectivity index (χ0n) is 10.2. The molecule has 0 aliphatic heterocycles. The Morgan fingerprint density at radius 3 is 2.59 bits per heavy atom. The molecule has 4 heteroatoms. The van der Waals surface area contributed by atoms with Crippen LogP contribution in [0.15, 0.2) is 18.2 Å². The van der Waals surface area contributed by atoms with Gasteiger partial charge in [0.1, 0.15) is 5.82 Å². The van der Waals surface area contributed by atoms with E-state index in [4.69, 9.17) is 11.6 Å². The van der Waals surface area contributed by atoms with Gasteiger partial charge in [-0.15, -0.1) is 0 Å². The first-order valence-electron chi connectivity index (χ1n) is 5.80. The smallest absolute Gasteiger partial charge is 0.125 e. The monoisotopic (exact) mass is 259 g/mol. The van der Waals surface area contributed by atoms with E-state index in [2.05, 4.69) is 19.2 Å². The number of benzene rings is 1. The molecule has 0 aliphatic carbocycles. The van der Waals surface area contributed by atoms with Crippen LogP contribution in [0.2, 0.25) is 5.02 Å². The van der Waals surface area contributed by atoms with E-state index in [-0.39, 0.29) is 18.5 Å². The van der Waals surface area contributed by atoms with Gasteiger partial charge in [-0.25, -0.2) is 4.39 Å². The van der Waals surface area contributed by atoms with Gasteiger partial charge in [0.15, 0.2) is 0 Å². The average Bonchev–Trinajstić information content (AvgIpc) is 2.22. The molecule has 0 saturated heterocycles. The molecule has 0 bridgehead atoms. The lowest BCUT2D eigenvalue weighted by molar-refractivity contribution is 0.223. The number of hydrogen-bond donors (Lipinski definition) is 2. The van der Waals surface area contributed by atoms with Gasteiger partial charge >= 0.3 is 0 Å². The lowest BCUT2D eigenvalue weighted by atomic mass is 10.0. The minimum atomic E-state index is -0.335. The number of nitrogens with one attached hydrogen (secondary N) is 1. The fraction of sp³-hybridized carbons (Fsp3) is 0.538. The summed E-state index contributed by atoms with van der Waals surface area (Å²) in [6.45, 7) is 4.80. The molecule has 0 heterocycles. The number of hydrogen-bond acceptors (Lipinski definition) is 2. The minimum absolute atomic E-state index is 0.0389. The van der Waals surface area contributed by atoms with Gasteiger partial charge < -0.3 is 10.4 Å². The average molecular weight is 260 g/mol. The summed E-state index contributed by atoms with van der Waals surface area (Å²) in [5.41, 5.74) is 0.789. The van der Waals surface area contributed by atoms with Gasteiger partial charge in [-0.05, 0) is 36.1 Å². The third kappa shape index (κ3) is 5.48. The van der Waals surface area contributed by atoms with Crippen LogP contribution >= 0.6 is 11.6 Å². The third-order valence-corrected chi connectivity index (χ3v) is 2.71. The van der Waals surface area contributed by atoms with Crippen molar-refractivity contribution >= 4 is 11.6 Å². The number of rotatable bonds is 6. The van der Waals surface area contributed by atoms with Crippen molar-refractivity contribution in [1.29, 1.82) is 0 Å². The van der Waals surface area contributed by atoms with Crippen molar-refractivity contribution in [2.24, 2.45) is 5.92 Å². The normalized spacial score (nSPS) is 13.1. The molecule has 0 aromatic heterocycles. The van der Waals surface area contributed by atoms with Crippen LogP contribution in [-0.2, 0) is 6.54 Å². The van der Waals surface area contributed by atoms with Crippen LogP contribution in [0.25, 0.3) is 0 Å². The Bertz CT molecular complexity index is 337. The Morgan fingerprint density at radius 2 is 2.06 bits per heavy atom. The second-order valence-electron chi connectivity index (χ2n) is 4.67. The molecule has 0 saturated carbocycles. The Morgan fingerprint density at radius 1 is 1.35 bits per heavy atom. The zero-order valence-corrected chi connectivity index (χ0v) is 11.0. The van der Waals surface area contributed by atoms with Crippen LogP contribution in [0.5, 0.6) is 0 Å². The molecule has 96 valence electrons. The molecule has 0 aliphatic rings. The highest BCUT2D eigenvalue weighted by atomic mass is 35.5. The van der Waals surface area contributed by atoms with Gasteiger partial charge in [0.25, 0.3) is 0 Å². The highest BCUT2D eigenvalue weighted by Crippen LogP contribution is 2.14. The van der Waals surface area contributed by atoms with Crippen molar-refractivity contribution in [2.75, 3.05) is 6.61 Å². The molecular weight excluding hydrogens is 241 g/mol. The van der Waals surface area contributed by atoms with Crippen molar-refractivity contribution in [3.05, 3.63) is 34.6 Å². The highest BCUT2D eigenvalue weighted by molar-refractivity contribution is 6.30. The van der Waals surface area contributed by atoms with Gasteiger partial charge in [0, 0.05) is 17.6 Å². The van der Waals surface area contributed by atoms with Gasteiger partial charge in [-0.2, -0.15) is 0 Å². The van der Waals surface area contributed by atoms with Crippen molar-refractivity contribution in [3.8, 4) is 0 Å². The Kier molecular flexibility index (Phi) is 5.89. The van der Waals surface area contributed by atoms with E-state index in [0.717, 1.165) is 12.0 Å². The number of halogens is 2. The molecule has 1 aromatic carbocycles. The van der Waals surface area contributed by atoms with E-state index in [9.17, 15) is 9.50 Å². The summed E-state index contributed by atoms with van der Waals surface area (Å²) < 4.78 is 13.1. The van der Waals surface area contributed by atoms with Crippen LogP contribution in [0.1, 0.15) is 25.8 Å². The summed E-state index contributed by atoms with van der Waals surface area (Å²) in [5, 5.41) is 12.8. The van der Waals surface area contributed by atoms with Crippen LogP contribution < -0.4 is 5.32 Å². The van der Waals surface area contributed by atoms with Gasteiger partial charge in [0.2, 0.25) is 0 Å². The SMILES string of the molecule is CC(C)CC(CO)NCc1cc(F)cc(Cl)c1. The number of aliphatic hydroxyl groups excluding tert-OH is 1. The Hall–Kier alpha value is -0.640. The summed E-state index contributed by atoms with van der Waals surface area (Å²) >= 11 is 5.77. The van der Waals surface area contributed by atoms with Crippen molar-refractivity contribution in [1.82, 2.24) is 5.32 Å². The van der Waals surface area contributed by atoms with Crippen LogP contribution in [0.4, 0.5) is 4.39 Å². The first kappa shape index (κ1) is 14.4. The van der Waals surface area contributed by atoms with E-state index >= 15 is 0 Å². The Balaban J connectivity index is 2.53. The van der Waals surface area contributed by atoms with Gasteiger partial charge in [0.05, 0.1) is 6.61 Å². The van der Waals surface area contributed by atoms with Gasteiger partial charge in [-0.1, -0.05) is 25.4 Å². The van der Waals surface area contributed by atoms with Crippen LogP contribution in [0.3, 0.4) is 0 Å². The molecule has 1 aromatic rings.